The zero-order valence-electron chi connectivity index (χ0n) is 32.8. The summed E-state index contributed by atoms with van der Waals surface area (Å²) in [5.41, 5.74) is 17.8. The highest BCUT2D eigenvalue weighted by molar-refractivity contribution is 6.12. The molecule has 1 aliphatic carbocycles. The van der Waals surface area contributed by atoms with Gasteiger partial charge in [-0.15, -0.1) is 0 Å². The van der Waals surface area contributed by atoms with Crippen LogP contribution in [0.25, 0.3) is 99.9 Å². The van der Waals surface area contributed by atoms with Crippen molar-refractivity contribution in [3.8, 4) is 56.3 Å². The van der Waals surface area contributed by atoms with Gasteiger partial charge >= 0.3 is 0 Å². The molecule has 0 fully saturated rings. The third kappa shape index (κ3) is 5.09. The molecule has 0 atom stereocenters. The van der Waals surface area contributed by atoms with Crippen molar-refractivity contribution in [2.75, 3.05) is 0 Å². The quantitative estimate of drug-likeness (QED) is 0.175. The van der Waals surface area contributed by atoms with Gasteiger partial charge < -0.3 is 4.57 Å². The Bertz CT molecular complexity index is 3460. The van der Waals surface area contributed by atoms with Crippen LogP contribution in [0.15, 0.2) is 194 Å². The Kier molecular flexibility index (Phi) is 7.24. The van der Waals surface area contributed by atoms with Crippen LogP contribution >= 0.6 is 0 Å². The minimum Gasteiger partial charge on any atom is -0.309 e. The van der Waals surface area contributed by atoms with Gasteiger partial charge in [-0.3, -0.25) is 4.57 Å². The van der Waals surface area contributed by atoms with E-state index in [0.717, 1.165) is 28.0 Å². The van der Waals surface area contributed by atoms with Crippen molar-refractivity contribution < 1.29 is 0 Å². The van der Waals surface area contributed by atoms with Gasteiger partial charge in [0, 0.05) is 44.4 Å². The van der Waals surface area contributed by atoms with E-state index in [1.807, 2.05) is 12.3 Å². The Morgan fingerprint density at radius 3 is 1.80 bits per heavy atom. The predicted molar refractivity (Wildman–Crippen MR) is 245 cm³/mol. The third-order valence-corrected chi connectivity index (χ3v) is 12.6. The number of aromatic nitrogens is 4. The number of hydrogen-bond donors (Lipinski definition) is 0. The van der Waals surface area contributed by atoms with Gasteiger partial charge in [-0.05, 0) is 99.1 Å². The summed E-state index contributed by atoms with van der Waals surface area (Å²) in [6, 6.07) is 68.1. The van der Waals surface area contributed by atoms with Crippen molar-refractivity contribution in [2.24, 2.45) is 0 Å². The number of benzene rings is 8. The van der Waals surface area contributed by atoms with E-state index in [0.29, 0.717) is 5.95 Å². The Hall–Kier alpha value is -7.56. The molecule has 278 valence electrons. The highest BCUT2D eigenvalue weighted by Gasteiger charge is 2.35. The average molecular weight is 755 g/mol. The molecule has 0 saturated heterocycles. The minimum atomic E-state index is -0.0348. The first-order valence-corrected chi connectivity index (χ1v) is 20.3. The Morgan fingerprint density at radius 2 is 0.966 bits per heavy atom. The Labute approximate surface area is 342 Å². The van der Waals surface area contributed by atoms with E-state index in [1.165, 1.54) is 77.1 Å². The Balaban J connectivity index is 0.917. The molecule has 0 spiro atoms. The maximum Gasteiger partial charge on any atom is 0.235 e. The van der Waals surface area contributed by atoms with Crippen LogP contribution in [-0.2, 0) is 5.41 Å². The van der Waals surface area contributed by atoms with Gasteiger partial charge in [0.1, 0.15) is 0 Å². The highest BCUT2D eigenvalue weighted by Crippen LogP contribution is 2.49. The molecule has 0 aliphatic heterocycles. The summed E-state index contributed by atoms with van der Waals surface area (Å²) in [7, 11) is 0. The van der Waals surface area contributed by atoms with Crippen LogP contribution in [0.2, 0.25) is 0 Å². The van der Waals surface area contributed by atoms with Crippen molar-refractivity contribution in [1.29, 1.82) is 0 Å². The van der Waals surface area contributed by atoms with Gasteiger partial charge in [-0.2, -0.15) is 0 Å². The van der Waals surface area contributed by atoms with Crippen LogP contribution in [0, 0.1) is 0 Å². The molecule has 0 N–H and O–H groups in total. The lowest BCUT2D eigenvalue weighted by molar-refractivity contribution is 0.660. The van der Waals surface area contributed by atoms with Gasteiger partial charge in [0.15, 0.2) is 0 Å². The summed E-state index contributed by atoms with van der Waals surface area (Å²) in [5.74, 6) is 0.653. The van der Waals surface area contributed by atoms with E-state index in [-0.39, 0.29) is 5.41 Å². The lowest BCUT2D eigenvalue weighted by atomic mass is 9.81. The van der Waals surface area contributed by atoms with Crippen molar-refractivity contribution >= 4 is 43.6 Å². The van der Waals surface area contributed by atoms with E-state index in [2.05, 4.69) is 205 Å². The zero-order chi connectivity index (χ0) is 39.2. The molecule has 0 bridgehead atoms. The van der Waals surface area contributed by atoms with Gasteiger partial charge in [-0.25, -0.2) is 9.97 Å². The van der Waals surface area contributed by atoms with Gasteiger partial charge in [0.2, 0.25) is 5.95 Å². The fourth-order valence-electron chi connectivity index (χ4n) is 9.71. The van der Waals surface area contributed by atoms with Crippen LogP contribution < -0.4 is 0 Å². The molecule has 12 rings (SSSR count). The topological polar surface area (TPSA) is 35.6 Å². The minimum absolute atomic E-state index is 0.0348. The summed E-state index contributed by atoms with van der Waals surface area (Å²) >= 11 is 0. The summed E-state index contributed by atoms with van der Waals surface area (Å²) in [5, 5.41) is 4.84. The number of fused-ring (bicyclic) bond motifs is 9. The third-order valence-electron chi connectivity index (χ3n) is 12.6. The molecule has 4 nitrogen and oxygen atoms in total. The molecular formula is C55H38N4. The molecule has 0 amide bonds. The van der Waals surface area contributed by atoms with Crippen LogP contribution in [0.1, 0.15) is 25.0 Å². The van der Waals surface area contributed by atoms with Gasteiger partial charge in [0.25, 0.3) is 0 Å². The van der Waals surface area contributed by atoms with E-state index in [9.17, 15) is 0 Å². The van der Waals surface area contributed by atoms with Crippen LogP contribution in [0.4, 0.5) is 0 Å². The maximum atomic E-state index is 5.20. The van der Waals surface area contributed by atoms with Crippen LogP contribution in [-0.4, -0.2) is 19.1 Å². The second kappa shape index (κ2) is 12.7. The molecule has 8 aromatic carbocycles. The lowest BCUT2D eigenvalue weighted by Crippen LogP contribution is -2.14. The molecule has 4 heteroatoms. The smallest absolute Gasteiger partial charge is 0.235 e. The highest BCUT2D eigenvalue weighted by atomic mass is 15.2. The summed E-state index contributed by atoms with van der Waals surface area (Å²) in [6.07, 6.45) is 1.88. The van der Waals surface area contributed by atoms with E-state index in [4.69, 9.17) is 9.97 Å². The molecular weight excluding hydrogens is 717 g/mol. The van der Waals surface area contributed by atoms with Gasteiger partial charge in [-0.1, -0.05) is 147 Å². The van der Waals surface area contributed by atoms with E-state index in [1.54, 1.807) is 0 Å². The van der Waals surface area contributed by atoms with Crippen LogP contribution in [0.3, 0.4) is 0 Å². The monoisotopic (exact) mass is 754 g/mol. The lowest BCUT2D eigenvalue weighted by Gasteiger charge is -2.22. The fourth-order valence-corrected chi connectivity index (χ4v) is 9.71. The standard InChI is InChI=1S/C55H38N4/c1-55(2)47-17-9-6-14-41(47)42-27-24-38(33-48(42)55)35-20-22-36(23-21-35)49-30-31-56-54(57-49)59-51-19-11-8-16-44(51)46-32-37(26-29-52(46)59)39-25-28-45-43-15-7-10-18-50(43)58(53(45)34-39)40-12-4-3-5-13-40/h3-34H,1-2H3. The second-order valence-electron chi connectivity index (χ2n) is 16.3. The first-order valence-electron chi connectivity index (χ1n) is 20.3. The number of rotatable bonds is 5. The average Bonchev–Trinajstić information content (AvgIpc) is 3.89. The Morgan fingerprint density at radius 1 is 0.390 bits per heavy atom. The first-order chi connectivity index (χ1) is 29.0. The van der Waals surface area contributed by atoms with Crippen molar-refractivity contribution in [1.82, 2.24) is 19.1 Å². The maximum absolute atomic E-state index is 5.20. The summed E-state index contributed by atoms with van der Waals surface area (Å²) < 4.78 is 4.58. The van der Waals surface area contributed by atoms with Gasteiger partial charge in [0.05, 0.1) is 27.8 Å². The molecule has 59 heavy (non-hydrogen) atoms. The molecule has 0 saturated carbocycles. The largest absolute Gasteiger partial charge is 0.309 e. The molecule has 0 unspecified atom stereocenters. The molecule has 0 radical (unpaired) electrons. The van der Waals surface area contributed by atoms with Crippen molar-refractivity contribution in [3.63, 3.8) is 0 Å². The summed E-state index contributed by atoms with van der Waals surface area (Å²) in [6.45, 7) is 4.67. The van der Waals surface area contributed by atoms with E-state index >= 15 is 0 Å². The van der Waals surface area contributed by atoms with Crippen molar-refractivity contribution in [2.45, 2.75) is 19.3 Å². The predicted octanol–water partition coefficient (Wildman–Crippen LogP) is 14.0. The molecule has 3 aromatic heterocycles. The summed E-state index contributed by atoms with van der Waals surface area (Å²) in [4.78, 5) is 10.1. The molecule has 1 aliphatic rings. The zero-order valence-corrected chi connectivity index (χ0v) is 32.8. The number of nitrogens with zero attached hydrogens (tertiary/aromatic N) is 4. The number of hydrogen-bond acceptors (Lipinski definition) is 2. The van der Waals surface area contributed by atoms with E-state index < -0.39 is 0 Å². The number of para-hydroxylation sites is 3. The molecule has 11 aromatic rings. The SMILES string of the molecule is CC1(C)c2ccccc2-c2ccc(-c3ccc(-c4ccnc(-n5c6ccccc6c6cc(-c7ccc8c9ccccc9n(-c9ccccc9)c8c7)ccc65)n4)cc3)cc21. The molecule has 3 heterocycles. The normalized spacial score (nSPS) is 13.1. The van der Waals surface area contributed by atoms with Crippen LogP contribution in [0.5, 0.6) is 0 Å². The fraction of sp³-hybridized carbons (Fsp3) is 0.0545. The van der Waals surface area contributed by atoms with Crippen molar-refractivity contribution in [3.05, 3.63) is 205 Å². The first kappa shape index (κ1) is 33.6. The second-order valence-corrected chi connectivity index (χ2v) is 16.3.